The second-order valence-corrected chi connectivity index (χ2v) is 7.99. The van der Waals surface area contributed by atoms with Crippen molar-refractivity contribution in [1.82, 2.24) is 19.4 Å². The number of fused-ring (bicyclic) bond motifs is 2. The molecule has 0 saturated carbocycles. The summed E-state index contributed by atoms with van der Waals surface area (Å²) < 4.78 is 7.37. The average molecular weight is 394 g/mol. The molecule has 7 heteroatoms. The molecule has 0 N–H and O–H groups in total. The van der Waals surface area contributed by atoms with Crippen molar-refractivity contribution in [2.24, 2.45) is 0 Å². The standard InChI is InChI=1S/C22H26N4O3/c27-21(24-11-13-29-14-12-24)19-18-7-3-4-9-26(18)20(23-19)22(28)25-10-8-16-5-1-2-6-17(16)15-25/h1-2,5-6H,3-4,7-15H2. The highest BCUT2D eigenvalue weighted by atomic mass is 16.5. The predicted molar refractivity (Wildman–Crippen MR) is 107 cm³/mol. The first-order valence-corrected chi connectivity index (χ1v) is 10.5. The molecule has 1 aromatic heterocycles. The molecule has 5 rings (SSSR count). The van der Waals surface area contributed by atoms with Crippen LogP contribution in [0, 0.1) is 0 Å². The van der Waals surface area contributed by atoms with Crippen molar-refractivity contribution in [3.63, 3.8) is 0 Å². The van der Waals surface area contributed by atoms with Gasteiger partial charge in [0.1, 0.15) is 5.69 Å². The highest BCUT2D eigenvalue weighted by Gasteiger charge is 2.33. The Balaban J connectivity index is 1.45. The molecule has 1 aromatic carbocycles. The number of hydrogen-bond acceptors (Lipinski definition) is 4. The van der Waals surface area contributed by atoms with Gasteiger partial charge in [-0.15, -0.1) is 0 Å². The summed E-state index contributed by atoms with van der Waals surface area (Å²) in [6.07, 6.45) is 3.70. The van der Waals surface area contributed by atoms with Gasteiger partial charge in [-0.2, -0.15) is 0 Å². The van der Waals surface area contributed by atoms with Crippen LogP contribution < -0.4 is 0 Å². The molecule has 3 aliphatic heterocycles. The van der Waals surface area contributed by atoms with Gasteiger partial charge in [-0.1, -0.05) is 24.3 Å². The van der Waals surface area contributed by atoms with Gasteiger partial charge in [0, 0.05) is 32.7 Å². The second kappa shape index (κ2) is 7.63. The lowest BCUT2D eigenvalue weighted by Gasteiger charge is -2.29. The number of carbonyl (C=O) groups excluding carboxylic acids is 2. The number of morpholine rings is 1. The molecular weight excluding hydrogens is 368 g/mol. The highest BCUT2D eigenvalue weighted by Crippen LogP contribution is 2.25. The van der Waals surface area contributed by atoms with E-state index in [4.69, 9.17) is 4.74 Å². The van der Waals surface area contributed by atoms with Crippen LogP contribution in [0.3, 0.4) is 0 Å². The topological polar surface area (TPSA) is 67.7 Å². The fourth-order valence-corrected chi connectivity index (χ4v) is 4.60. The monoisotopic (exact) mass is 394 g/mol. The maximum absolute atomic E-state index is 13.4. The molecule has 0 unspecified atom stereocenters. The van der Waals surface area contributed by atoms with Crippen molar-refractivity contribution in [3.05, 3.63) is 52.6 Å². The van der Waals surface area contributed by atoms with E-state index in [0.717, 1.165) is 37.9 Å². The maximum atomic E-state index is 13.4. The molecule has 4 heterocycles. The van der Waals surface area contributed by atoms with Crippen molar-refractivity contribution in [2.45, 2.75) is 38.8 Å². The van der Waals surface area contributed by atoms with E-state index < -0.39 is 0 Å². The van der Waals surface area contributed by atoms with Crippen LogP contribution in [-0.4, -0.2) is 64.0 Å². The molecule has 0 bridgehead atoms. The summed E-state index contributed by atoms with van der Waals surface area (Å²) in [5.41, 5.74) is 3.90. The van der Waals surface area contributed by atoms with Crippen LogP contribution >= 0.6 is 0 Å². The van der Waals surface area contributed by atoms with E-state index in [1.165, 1.54) is 11.1 Å². The first kappa shape index (κ1) is 18.4. The molecule has 29 heavy (non-hydrogen) atoms. The molecule has 152 valence electrons. The van der Waals surface area contributed by atoms with Crippen molar-refractivity contribution in [3.8, 4) is 0 Å². The SMILES string of the molecule is O=C(c1nc(C(=O)N2CCc3ccccc3C2)n2c1CCCC2)N1CCOCC1. The summed E-state index contributed by atoms with van der Waals surface area (Å²) in [7, 11) is 0. The van der Waals surface area contributed by atoms with Gasteiger partial charge in [-0.05, 0) is 36.8 Å². The Morgan fingerprint density at radius 2 is 1.66 bits per heavy atom. The minimum atomic E-state index is -0.0676. The first-order chi connectivity index (χ1) is 14.2. The van der Waals surface area contributed by atoms with E-state index >= 15 is 0 Å². The van der Waals surface area contributed by atoms with Crippen LogP contribution in [0.5, 0.6) is 0 Å². The lowest BCUT2D eigenvalue weighted by atomic mass is 10.00. The number of hydrogen-bond donors (Lipinski definition) is 0. The zero-order chi connectivity index (χ0) is 19.8. The molecular formula is C22H26N4O3. The van der Waals surface area contributed by atoms with Crippen molar-refractivity contribution < 1.29 is 14.3 Å². The Labute approximate surface area is 170 Å². The number of nitrogens with zero attached hydrogens (tertiary/aromatic N) is 4. The summed E-state index contributed by atoms with van der Waals surface area (Å²) in [6, 6.07) is 8.28. The molecule has 1 fully saturated rings. The van der Waals surface area contributed by atoms with Gasteiger partial charge in [0.15, 0.2) is 5.82 Å². The van der Waals surface area contributed by atoms with Crippen molar-refractivity contribution >= 4 is 11.8 Å². The van der Waals surface area contributed by atoms with E-state index in [1.807, 2.05) is 21.6 Å². The van der Waals surface area contributed by atoms with Gasteiger partial charge in [-0.3, -0.25) is 9.59 Å². The van der Waals surface area contributed by atoms with Gasteiger partial charge in [-0.25, -0.2) is 4.98 Å². The lowest BCUT2D eigenvalue weighted by molar-refractivity contribution is 0.0298. The maximum Gasteiger partial charge on any atom is 0.290 e. The van der Waals surface area contributed by atoms with E-state index in [-0.39, 0.29) is 11.8 Å². The fourth-order valence-electron chi connectivity index (χ4n) is 4.60. The Morgan fingerprint density at radius 1 is 0.862 bits per heavy atom. The van der Waals surface area contributed by atoms with Crippen molar-refractivity contribution in [1.29, 1.82) is 0 Å². The van der Waals surface area contributed by atoms with Crippen LogP contribution in [0.15, 0.2) is 24.3 Å². The number of amides is 2. The van der Waals surface area contributed by atoms with Gasteiger partial charge in [0.05, 0.1) is 18.9 Å². The lowest BCUT2D eigenvalue weighted by Crippen LogP contribution is -2.41. The smallest absolute Gasteiger partial charge is 0.290 e. The van der Waals surface area contributed by atoms with Crippen molar-refractivity contribution in [2.75, 3.05) is 32.8 Å². The quantitative estimate of drug-likeness (QED) is 0.780. The molecule has 1 saturated heterocycles. The number of aromatic nitrogens is 2. The first-order valence-electron chi connectivity index (χ1n) is 10.5. The number of ether oxygens (including phenoxy) is 1. The summed E-state index contributed by atoms with van der Waals surface area (Å²) in [4.78, 5) is 34.8. The third-order valence-corrected chi connectivity index (χ3v) is 6.23. The molecule has 7 nitrogen and oxygen atoms in total. The second-order valence-electron chi connectivity index (χ2n) is 7.99. The zero-order valence-corrected chi connectivity index (χ0v) is 16.6. The molecule has 2 amide bonds. The largest absolute Gasteiger partial charge is 0.378 e. The Hall–Kier alpha value is -2.67. The fraction of sp³-hybridized carbons (Fsp3) is 0.500. The average Bonchev–Trinajstić information content (AvgIpc) is 3.18. The number of imidazole rings is 1. The van der Waals surface area contributed by atoms with Crippen LogP contribution in [0.2, 0.25) is 0 Å². The number of carbonyl (C=O) groups is 2. The summed E-state index contributed by atoms with van der Waals surface area (Å²) in [5.74, 6) is 0.293. The minimum Gasteiger partial charge on any atom is -0.378 e. The van der Waals surface area contributed by atoms with Crippen LogP contribution in [0.25, 0.3) is 0 Å². The van der Waals surface area contributed by atoms with Gasteiger partial charge < -0.3 is 19.1 Å². The van der Waals surface area contributed by atoms with Gasteiger partial charge >= 0.3 is 0 Å². The summed E-state index contributed by atoms with van der Waals surface area (Å²) in [6.45, 7) is 4.31. The predicted octanol–water partition coefficient (Wildman–Crippen LogP) is 1.89. The summed E-state index contributed by atoms with van der Waals surface area (Å²) >= 11 is 0. The van der Waals surface area contributed by atoms with Crippen LogP contribution in [0.4, 0.5) is 0 Å². The van der Waals surface area contributed by atoms with E-state index in [0.29, 0.717) is 50.9 Å². The molecule has 0 spiro atoms. The van der Waals surface area contributed by atoms with E-state index in [1.54, 1.807) is 4.90 Å². The molecule has 0 radical (unpaired) electrons. The molecule has 3 aliphatic rings. The number of rotatable bonds is 2. The Bertz CT molecular complexity index is 946. The normalized spacial score (nSPS) is 18.9. The van der Waals surface area contributed by atoms with Gasteiger partial charge in [0.2, 0.25) is 0 Å². The third kappa shape index (κ3) is 3.33. The molecule has 0 atom stereocenters. The Kier molecular flexibility index (Phi) is 4.83. The zero-order valence-electron chi connectivity index (χ0n) is 16.6. The molecule has 0 aliphatic carbocycles. The third-order valence-electron chi connectivity index (χ3n) is 6.23. The van der Waals surface area contributed by atoms with E-state index in [2.05, 4.69) is 17.1 Å². The van der Waals surface area contributed by atoms with Crippen LogP contribution in [0.1, 0.15) is 50.8 Å². The summed E-state index contributed by atoms with van der Waals surface area (Å²) in [5, 5.41) is 0. The van der Waals surface area contributed by atoms with E-state index in [9.17, 15) is 9.59 Å². The Morgan fingerprint density at radius 3 is 2.48 bits per heavy atom. The minimum absolute atomic E-state index is 0.0660. The molecule has 2 aromatic rings. The highest BCUT2D eigenvalue weighted by molar-refractivity contribution is 5.97. The number of benzene rings is 1. The van der Waals surface area contributed by atoms with Gasteiger partial charge in [0.25, 0.3) is 11.8 Å². The van der Waals surface area contributed by atoms with Crippen LogP contribution in [-0.2, 0) is 30.7 Å².